The molecule has 1 amide bonds. The summed E-state index contributed by atoms with van der Waals surface area (Å²) in [5.74, 6) is -0.255. The van der Waals surface area contributed by atoms with Crippen molar-refractivity contribution in [3.05, 3.63) is 0 Å². The van der Waals surface area contributed by atoms with E-state index in [2.05, 4.69) is 0 Å². The number of halogens is 1. The molecule has 0 aromatic rings. The Morgan fingerprint density at radius 2 is 1.91 bits per heavy atom. The van der Waals surface area contributed by atoms with Gasteiger partial charge in [-0.1, -0.05) is 0 Å². The summed E-state index contributed by atoms with van der Waals surface area (Å²) in [5.41, 5.74) is 5.32. The van der Waals surface area contributed by atoms with Crippen LogP contribution in [0.4, 0.5) is 0 Å². The molecule has 0 spiro atoms. The molecular weight excluding hydrogens is 168 g/mol. The number of aliphatic hydroxyl groups excluding tert-OH is 1. The topological polar surface area (TPSA) is 66.6 Å². The normalized spacial score (nSPS) is 14.6. The average molecular weight is 183 g/mol. The Morgan fingerprint density at radius 3 is 2.00 bits per heavy atom. The molecule has 3 N–H and O–H groups in total. The number of carbonyl (C=O) groups is 1. The maximum Gasteiger partial charge on any atom is 0.241 e. The Kier molecular flexibility index (Phi) is 6.46. The van der Waals surface area contributed by atoms with Gasteiger partial charge in [-0.3, -0.25) is 4.79 Å². The largest absolute Gasteiger partial charge is 0.391 e. The van der Waals surface area contributed by atoms with E-state index in [-0.39, 0.29) is 18.3 Å². The molecule has 0 aliphatic rings. The van der Waals surface area contributed by atoms with Gasteiger partial charge in [-0.05, 0) is 6.92 Å². The third kappa shape index (κ3) is 4.19. The van der Waals surface area contributed by atoms with Gasteiger partial charge in [0.05, 0.1) is 6.10 Å². The monoisotopic (exact) mass is 182 g/mol. The fraction of sp³-hybridized carbons (Fsp3) is 0.833. The van der Waals surface area contributed by atoms with Crippen LogP contribution in [0.3, 0.4) is 0 Å². The van der Waals surface area contributed by atoms with Crippen LogP contribution in [0.25, 0.3) is 0 Å². The Morgan fingerprint density at radius 1 is 1.55 bits per heavy atom. The maximum absolute atomic E-state index is 10.9. The summed E-state index contributed by atoms with van der Waals surface area (Å²) in [6, 6.07) is -0.796. The molecule has 0 aliphatic heterocycles. The van der Waals surface area contributed by atoms with Crippen LogP contribution < -0.4 is 5.73 Å². The Balaban J connectivity index is 0. The first-order valence-electron chi connectivity index (χ1n) is 3.11. The maximum atomic E-state index is 10.9. The highest BCUT2D eigenvalue weighted by Gasteiger charge is 2.19. The molecular formula is C6H15ClN2O2. The van der Waals surface area contributed by atoms with Crippen LogP contribution in [0.5, 0.6) is 0 Å². The number of likely N-dealkylation sites (N-methyl/N-ethyl adjacent to an activating group) is 1. The average Bonchev–Trinajstić information content (AvgIpc) is 1.84. The van der Waals surface area contributed by atoms with Gasteiger partial charge in [-0.25, -0.2) is 0 Å². The second-order valence-corrected chi connectivity index (χ2v) is 2.50. The van der Waals surface area contributed by atoms with Crippen LogP contribution in [0.15, 0.2) is 0 Å². The summed E-state index contributed by atoms with van der Waals surface area (Å²) in [4.78, 5) is 12.3. The number of rotatable bonds is 2. The second-order valence-electron chi connectivity index (χ2n) is 2.50. The molecule has 0 rings (SSSR count). The van der Waals surface area contributed by atoms with E-state index in [0.29, 0.717) is 0 Å². The van der Waals surface area contributed by atoms with Crippen molar-refractivity contribution in [2.24, 2.45) is 5.73 Å². The summed E-state index contributed by atoms with van der Waals surface area (Å²) in [7, 11) is 3.20. The first-order valence-corrected chi connectivity index (χ1v) is 3.11. The van der Waals surface area contributed by atoms with Crippen LogP contribution in [0, 0.1) is 0 Å². The minimum atomic E-state index is -0.796. The van der Waals surface area contributed by atoms with Crippen molar-refractivity contribution in [3.8, 4) is 0 Å². The van der Waals surface area contributed by atoms with Crippen LogP contribution in [-0.2, 0) is 4.79 Å². The first-order chi connectivity index (χ1) is 4.46. The second kappa shape index (κ2) is 5.35. The number of aliphatic hydroxyl groups is 1. The predicted molar refractivity (Wildman–Crippen MR) is 45.6 cm³/mol. The fourth-order valence-corrected chi connectivity index (χ4v) is 0.504. The third-order valence-electron chi connectivity index (χ3n) is 1.25. The van der Waals surface area contributed by atoms with Gasteiger partial charge in [-0.15, -0.1) is 12.4 Å². The molecule has 4 nitrogen and oxygen atoms in total. The van der Waals surface area contributed by atoms with E-state index in [1.54, 1.807) is 14.1 Å². The van der Waals surface area contributed by atoms with Gasteiger partial charge in [0.15, 0.2) is 0 Å². The van der Waals surface area contributed by atoms with Crippen LogP contribution in [0.2, 0.25) is 0 Å². The van der Waals surface area contributed by atoms with Gasteiger partial charge in [0.2, 0.25) is 5.91 Å². The van der Waals surface area contributed by atoms with Gasteiger partial charge >= 0.3 is 0 Å². The van der Waals surface area contributed by atoms with E-state index < -0.39 is 12.1 Å². The molecule has 0 aliphatic carbocycles. The summed E-state index contributed by atoms with van der Waals surface area (Å²) < 4.78 is 0. The van der Waals surface area contributed by atoms with Crippen LogP contribution >= 0.6 is 12.4 Å². The number of hydrogen-bond acceptors (Lipinski definition) is 3. The van der Waals surface area contributed by atoms with Crippen molar-refractivity contribution in [1.29, 1.82) is 0 Å². The Bertz CT molecular complexity index is 128. The molecule has 0 saturated heterocycles. The molecule has 0 unspecified atom stereocenters. The Hall–Kier alpha value is -0.320. The molecule has 0 radical (unpaired) electrons. The lowest BCUT2D eigenvalue weighted by atomic mass is 10.2. The molecule has 0 heterocycles. The van der Waals surface area contributed by atoms with Crippen molar-refractivity contribution in [2.75, 3.05) is 14.1 Å². The molecule has 0 aromatic carbocycles. The highest BCUT2D eigenvalue weighted by Crippen LogP contribution is 1.91. The summed E-state index contributed by atoms with van der Waals surface area (Å²) in [6.45, 7) is 1.49. The van der Waals surface area contributed by atoms with Crippen molar-refractivity contribution < 1.29 is 9.90 Å². The molecule has 0 bridgehead atoms. The SMILES string of the molecule is C[C@@H](O)[C@H](N)C(=O)N(C)C.Cl. The predicted octanol–water partition coefficient (Wildman–Crippen LogP) is -0.796. The van der Waals surface area contributed by atoms with Crippen LogP contribution in [-0.4, -0.2) is 42.2 Å². The number of hydrogen-bond donors (Lipinski definition) is 2. The summed E-state index contributed by atoms with van der Waals surface area (Å²) >= 11 is 0. The lowest BCUT2D eigenvalue weighted by molar-refractivity contribution is -0.132. The van der Waals surface area contributed by atoms with Crippen molar-refractivity contribution >= 4 is 18.3 Å². The highest BCUT2D eigenvalue weighted by molar-refractivity contribution is 5.85. The zero-order valence-corrected chi connectivity index (χ0v) is 7.76. The number of nitrogens with zero attached hydrogens (tertiary/aromatic N) is 1. The molecule has 11 heavy (non-hydrogen) atoms. The quantitative estimate of drug-likeness (QED) is 0.588. The lowest BCUT2D eigenvalue weighted by Crippen LogP contribution is -2.46. The van der Waals surface area contributed by atoms with E-state index in [1.807, 2.05) is 0 Å². The lowest BCUT2D eigenvalue weighted by Gasteiger charge is -2.18. The van der Waals surface area contributed by atoms with E-state index >= 15 is 0 Å². The number of amides is 1. The molecule has 0 aromatic heterocycles. The zero-order valence-electron chi connectivity index (χ0n) is 6.94. The van der Waals surface area contributed by atoms with Gasteiger partial charge in [0.1, 0.15) is 6.04 Å². The first kappa shape index (κ1) is 13.3. The standard InChI is InChI=1S/C6H14N2O2.ClH/c1-4(9)5(7)6(10)8(2)3;/h4-5,9H,7H2,1-3H3;1H/t4-,5+;/m1./s1. The van der Waals surface area contributed by atoms with Gasteiger partial charge in [0.25, 0.3) is 0 Å². The number of nitrogens with two attached hydrogens (primary N) is 1. The molecule has 68 valence electrons. The van der Waals surface area contributed by atoms with Gasteiger partial charge < -0.3 is 15.7 Å². The van der Waals surface area contributed by atoms with Gasteiger partial charge in [-0.2, -0.15) is 0 Å². The molecule has 5 heteroatoms. The minimum Gasteiger partial charge on any atom is -0.391 e. The van der Waals surface area contributed by atoms with Crippen LogP contribution in [0.1, 0.15) is 6.92 Å². The fourth-order valence-electron chi connectivity index (χ4n) is 0.504. The number of carbonyl (C=O) groups excluding carboxylic acids is 1. The summed E-state index contributed by atoms with van der Waals surface area (Å²) in [6.07, 6.45) is -0.783. The smallest absolute Gasteiger partial charge is 0.241 e. The van der Waals surface area contributed by atoms with E-state index in [0.717, 1.165) is 0 Å². The minimum absolute atomic E-state index is 0. The van der Waals surface area contributed by atoms with Crippen molar-refractivity contribution in [2.45, 2.75) is 19.1 Å². The Labute approximate surface area is 72.8 Å². The van der Waals surface area contributed by atoms with E-state index in [1.165, 1.54) is 11.8 Å². The zero-order chi connectivity index (χ0) is 8.31. The van der Waals surface area contributed by atoms with Gasteiger partial charge in [0, 0.05) is 14.1 Å². The van der Waals surface area contributed by atoms with E-state index in [9.17, 15) is 4.79 Å². The van der Waals surface area contributed by atoms with Crippen molar-refractivity contribution in [1.82, 2.24) is 4.90 Å². The molecule has 2 atom stereocenters. The molecule has 0 saturated carbocycles. The highest BCUT2D eigenvalue weighted by atomic mass is 35.5. The van der Waals surface area contributed by atoms with E-state index in [4.69, 9.17) is 10.8 Å². The van der Waals surface area contributed by atoms with Crippen molar-refractivity contribution in [3.63, 3.8) is 0 Å². The third-order valence-corrected chi connectivity index (χ3v) is 1.25. The summed E-state index contributed by atoms with van der Waals surface area (Å²) in [5, 5.41) is 8.87. The molecule has 0 fully saturated rings.